The number of hydrogen-bond acceptors (Lipinski definition) is 11. The monoisotopic (exact) mass is 995 g/mol. The highest BCUT2D eigenvalue weighted by atomic mass is 16.5. The summed E-state index contributed by atoms with van der Waals surface area (Å²) in [5, 5.41) is 35.5. The lowest BCUT2D eigenvalue weighted by Crippen LogP contribution is -2.59. The molecule has 12 N–H and O–H groups in total. The average molecular weight is 995 g/mol. The van der Waals surface area contributed by atoms with Crippen molar-refractivity contribution in [3.8, 4) is 0 Å². The molecular weight excluding hydrogens is 921 g/mol. The highest BCUT2D eigenvalue weighted by Gasteiger charge is 2.37. The molecule has 1 heterocycles. The van der Waals surface area contributed by atoms with Crippen molar-refractivity contribution < 1.29 is 58.1 Å². The van der Waals surface area contributed by atoms with Crippen LogP contribution in [0.3, 0.4) is 0 Å². The van der Waals surface area contributed by atoms with Crippen LogP contribution in [0, 0.1) is 23.7 Å². The summed E-state index contributed by atoms with van der Waals surface area (Å²) in [6, 6.07) is 0.998. The number of likely N-dealkylation sites (N-methyl/N-ethyl adjacent to an activating group) is 1. The summed E-state index contributed by atoms with van der Waals surface area (Å²) < 4.78 is 5.81. The van der Waals surface area contributed by atoms with Crippen LogP contribution in [0.2, 0.25) is 0 Å². The minimum Gasteiger partial charge on any atom is -0.480 e. The number of aliphatic carboxylic acids is 2. The van der Waals surface area contributed by atoms with Gasteiger partial charge in [-0.15, -0.1) is 0 Å². The van der Waals surface area contributed by atoms with E-state index in [0.717, 1.165) is 10.5 Å². The van der Waals surface area contributed by atoms with Gasteiger partial charge in [0, 0.05) is 33.0 Å². The van der Waals surface area contributed by atoms with Gasteiger partial charge < -0.3 is 63.2 Å². The number of carbonyl (C=O) groups is 9. The zero-order valence-corrected chi connectivity index (χ0v) is 42.2. The maximum Gasteiger partial charge on any atom is 0.327 e. The topological polar surface area (TPSA) is 343 Å². The number of carboxylic acids is 2. The van der Waals surface area contributed by atoms with Crippen LogP contribution in [0.25, 0.3) is 0 Å². The third-order valence-electron chi connectivity index (χ3n) is 12.0. The van der Waals surface area contributed by atoms with Crippen LogP contribution in [-0.2, 0) is 54.3 Å². The summed E-state index contributed by atoms with van der Waals surface area (Å²) in [6.45, 7) is 14.9. The Balaban J connectivity index is 2.73. The first-order valence-corrected chi connectivity index (χ1v) is 23.5. The first-order valence-electron chi connectivity index (χ1n) is 23.5. The number of nitrogens with one attached hydrogen (secondary N) is 6. The number of methoxy groups -OCH3 is 1. The van der Waals surface area contributed by atoms with Crippen LogP contribution >= 0.6 is 0 Å². The molecule has 7 amide bonds. The lowest BCUT2D eigenvalue weighted by molar-refractivity contribution is -0.146. The van der Waals surface area contributed by atoms with Crippen molar-refractivity contribution in [1.29, 1.82) is 0 Å². The largest absolute Gasteiger partial charge is 0.480 e. The van der Waals surface area contributed by atoms with E-state index in [2.05, 4.69) is 43.5 Å². The maximum atomic E-state index is 14.4. The van der Waals surface area contributed by atoms with Crippen molar-refractivity contribution in [2.45, 2.75) is 129 Å². The zero-order valence-electron chi connectivity index (χ0n) is 42.2. The van der Waals surface area contributed by atoms with Crippen LogP contribution in [0.5, 0.6) is 0 Å². The normalized spacial score (nSPS) is 25.3. The number of rotatable bonds is 15. The Morgan fingerprint density at radius 2 is 1.45 bits per heavy atom. The first kappa shape index (κ1) is 60.0. The van der Waals surface area contributed by atoms with E-state index in [0.29, 0.717) is 12.0 Å². The van der Waals surface area contributed by atoms with E-state index in [9.17, 15) is 53.4 Å². The number of guanidine groups is 1. The second-order valence-corrected chi connectivity index (χ2v) is 18.3. The molecule has 0 bridgehead atoms. The molecule has 1 aliphatic heterocycles. The number of ether oxygens (including phenoxy) is 1. The minimum absolute atomic E-state index is 0.00610. The molecule has 1 saturated heterocycles. The Morgan fingerprint density at radius 3 is 2.03 bits per heavy atom. The number of allylic oxidation sites excluding steroid dienone is 2. The number of nitrogens with zero attached hydrogens (tertiary/aromatic N) is 2. The number of amides is 7. The third-order valence-corrected chi connectivity index (χ3v) is 12.0. The smallest absolute Gasteiger partial charge is 0.327 e. The number of nitrogens with two attached hydrogens (primary N) is 2. The summed E-state index contributed by atoms with van der Waals surface area (Å²) in [6.07, 6.45) is 4.64. The van der Waals surface area contributed by atoms with Gasteiger partial charge in [0.2, 0.25) is 35.4 Å². The Bertz CT molecular complexity index is 2160. The number of carbonyl (C=O) groups excluding carboxylic acids is 7. The second kappa shape index (κ2) is 29.2. The highest BCUT2D eigenvalue weighted by molar-refractivity contribution is 6.00. The number of benzene rings is 1. The van der Waals surface area contributed by atoms with Gasteiger partial charge in [0.25, 0.3) is 5.91 Å². The fourth-order valence-corrected chi connectivity index (χ4v) is 7.46. The summed E-state index contributed by atoms with van der Waals surface area (Å²) in [7, 11) is 2.82. The van der Waals surface area contributed by atoms with E-state index in [-0.39, 0.29) is 49.7 Å². The summed E-state index contributed by atoms with van der Waals surface area (Å²) in [5.41, 5.74) is 12.4. The fraction of sp³-hybridized carbons (Fsp3) is 0.551. The first-order chi connectivity index (χ1) is 33.3. The Labute approximate surface area is 415 Å². The Kier molecular flexibility index (Phi) is 24.7. The number of carboxylic acid groups (broad SMARTS) is 2. The average Bonchev–Trinajstić information content (AvgIpc) is 3.31. The Morgan fingerprint density at radius 1 is 0.845 bits per heavy atom. The minimum atomic E-state index is -1.88. The molecule has 0 radical (unpaired) electrons. The molecule has 0 aliphatic carbocycles. The van der Waals surface area contributed by atoms with Crippen molar-refractivity contribution in [2.24, 2.45) is 40.1 Å². The third kappa shape index (κ3) is 20.0. The number of hydrogen-bond donors (Lipinski definition) is 10. The van der Waals surface area contributed by atoms with Gasteiger partial charge in [-0.2, -0.15) is 0 Å². The van der Waals surface area contributed by atoms with E-state index in [4.69, 9.17) is 16.2 Å². The highest BCUT2D eigenvalue weighted by Crippen LogP contribution is 2.19. The summed E-state index contributed by atoms with van der Waals surface area (Å²) in [5.74, 6) is -12.6. The van der Waals surface area contributed by atoms with Gasteiger partial charge in [-0.1, -0.05) is 95.3 Å². The molecule has 2 unspecified atom stereocenters. The van der Waals surface area contributed by atoms with Crippen molar-refractivity contribution in [1.82, 2.24) is 36.8 Å². The van der Waals surface area contributed by atoms with Gasteiger partial charge in [-0.25, -0.2) is 9.59 Å². The van der Waals surface area contributed by atoms with Crippen molar-refractivity contribution in [2.75, 3.05) is 20.7 Å². The van der Waals surface area contributed by atoms with Gasteiger partial charge in [0.1, 0.15) is 35.9 Å². The SMILES string of the molecule is C=C1C(=O)N[C@H](C)C(=O)N[C@@H](CC(C)C)C(=O)N[C@@H](C(=O)O)[C@H](C)C(=O)N[C@@H](CCCN=C(N)N)C(=O)N[C@@H](/C=C/C(C)=C/C(C)C(Cc2ccccc2)OC)[C@H](C)C(=O)N[C@@H](C(=O)O)CCC(=O)N1C. The predicted octanol–water partition coefficient (Wildman–Crippen LogP) is 0.618. The van der Waals surface area contributed by atoms with Crippen LogP contribution in [0.15, 0.2) is 71.4 Å². The van der Waals surface area contributed by atoms with E-state index in [1.807, 2.05) is 43.3 Å². The summed E-state index contributed by atoms with van der Waals surface area (Å²) >= 11 is 0. The quantitative estimate of drug-likeness (QED) is 0.0379. The van der Waals surface area contributed by atoms with Crippen LogP contribution < -0.4 is 43.4 Å². The van der Waals surface area contributed by atoms with E-state index < -0.39 is 120 Å². The molecule has 0 spiro atoms. The lowest BCUT2D eigenvalue weighted by Gasteiger charge is -2.28. The molecule has 0 saturated carbocycles. The number of aliphatic imine (C=N–C) groups is 1. The lowest BCUT2D eigenvalue weighted by atomic mass is 9.94. The molecule has 22 heteroatoms. The molecule has 1 aromatic rings. The van der Waals surface area contributed by atoms with Crippen LogP contribution in [0.1, 0.15) is 86.1 Å². The molecule has 1 aliphatic rings. The Hall–Kier alpha value is -7.10. The zero-order chi connectivity index (χ0) is 53.7. The molecular formula is C49H74N10O12. The van der Waals surface area contributed by atoms with E-state index in [1.54, 1.807) is 34.0 Å². The molecule has 22 nitrogen and oxygen atoms in total. The van der Waals surface area contributed by atoms with Crippen LogP contribution in [0.4, 0.5) is 0 Å². The second-order valence-electron chi connectivity index (χ2n) is 18.3. The molecule has 71 heavy (non-hydrogen) atoms. The molecule has 1 aromatic carbocycles. The van der Waals surface area contributed by atoms with Crippen molar-refractivity contribution in [3.05, 3.63) is 72.0 Å². The van der Waals surface area contributed by atoms with Gasteiger partial charge in [0.15, 0.2) is 5.96 Å². The van der Waals surface area contributed by atoms with E-state index >= 15 is 0 Å². The molecule has 392 valence electrons. The molecule has 2 rings (SSSR count). The maximum absolute atomic E-state index is 14.4. The van der Waals surface area contributed by atoms with Gasteiger partial charge in [-0.05, 0) is 57.4 Å². The summed E-state index contributed by atoms with van der Waals surface area (Å²) in [4.78, 5) is 126. The van der Waals surface area contributed by atoms with Gasteiger partial charge >= 0.3 is 11.9 Å². The predicted molar refractivity (Wildman–Crippen MR) is 264 cm³/mol. The van der Waals surface area contributed by atoms with E-state index in [1.165, 1.54) is 33.9 Å². The van der Waals surface area contributed by atoms with Crippen molar-refractivity contribution in [3.63, 3.8) is 0 Å². The molecule has 0 aromatic heterocycles. The van der Waals surface area contributed by atoms with Crippen LogP contribution in [-0.4, -0.2) is 137 Å². The van der Waals surface area contributed by atoms with Crippen molar-refractivity contribution >= 4 is 59.2 Å². The standard InChI is InChI=1S/C49H74N10O12/c1-26(2)23-37-46(66)58-40(48(69)70)30(6)42(62)55-35(17-14-22-52-49(50)51)45(65)54-34(19-18-27(3)24-28(4)38(71-10)25-33-15-12-11-13-16-33)29(5)41(61)56-36(47(67)68)20-21-39(60)59(9)32(8)44(64)53-31(7)43(63)57-37/h11-13,15-16,18-19,24,26,28-31,34-38,40H,8,14,17,20-23,25H2,1-7,9-10H3,(H,53,64)(H,54,65)(H,55,62)(H,56,61)(H,57,63)(H,58,66)(H,67,68)(H,69,70)(H4,50,51,52)/b19-18+,27-24+/t28?,29-,30-,31+,34-,35-,36+,37-,38?,40+/m0/s1. The molecule has 10 atom stereocenters. The van der Waals surface area contributed by atoms with Gasteiger partial charge in [-0.3, -0.25) is 38.6 Å². The van der Waals surface area contributed by atoms with Gasteiger partial charge in [0.05, 0.1) is 24.0 Å². The fourth-order valence-electron chi connectivity index (χ4n) is 7.46. The molecule has 1 fully saturated rings.